The summed E-state index contributed by atoms with van der Waals surface area (Å²) in [6, 6.07) is 0. The van der Waals surface area contributed by atoms with Gasteiger partial charge in [-0.15, -0.1) is 0 Å². The molecule has 1 aliphatic rings. The van der Waals surface area contributed by atoms with Crippen LogP contribution in [0.25, 0.3) is 0 Å². The Kier molecular flexibility index (Phi) is 4.29. The van der Waals surface area contributed by atoms with Gasteiger partial charge in [-0.25, -0.2) is 0 Å². The number of carboxylic acid groups (broad SMARTS) is 1. The lowest BCUT2D eigenvalue weighted by atomic mass is 9.99. The first-order valence-electron chi connectivity index (χ1n) is 5.48. The molecular weight excluding hydrogens is 210 g/mol. The van der Waals surface area contributed by atoms with E-state index in [0.717, 1.165) is 6.54 Å². The number of carbonyl (C=O) groups excluding carboxylic acids is 1. The SMILES string of the molecule is COC(=O)C1CN(CC(C)C(=O)O)CC1C. The lowest BCUT2D eigenvalue weighted by Gasteiger charge is -2.17. The Balaban J connectivity index is 2.50. The van der Waals surface area contributed by atoms with E-state index in [1.807, 2.05) is 11.8 Å². The van der Waals surface area contributed by atoms with Gasteiger partial charge in [-0.3, -0.25) is 9.59 Å². The van der Waals surface area contributed by atoms with Crippen LogP contribution in [-0.2, 0) is 14.3 Å². The molecular formula is C11H19NO4. The van der Waals surface area contributed by atoms with Crippen molar-refractivity contribution >= 4 is 11.9 Å². The molecule has 0 radical (unpaired) electrons. The number of rotatable bonds is 4. The second kappa shape index (κ2) is 5.30. The highest BCUT2D eigenvalue weighted by atomic mass is 16.5. The van der Waals surface area contributed by atoms with Gasteiger partial charge in [-0.2, -0.15) is 0 Å². The fraction of sp³-hybridized carbons (Fsp3) is 0.818. The summed E-state index contributed by atoms with van der Waals surface area (Å²) < 4.78 is 4.72. The molecule has 0 spiro atoms. The van der Waals surface area contributed by atoms with Crippen LogP contribution >= 0.6 is 0 Å². The summed E-state index contributed by atoms with van der Waals surface area (Å²) in [4.78, 5) is 24.2. The molecule has 5 nitrogen and oxygen atoms in total. The fourth-order valence-electron chi connectivity index (χ4n) is 2.14. The quantitative estimate of drug-likeness (QED) is 0.709. The number of methoxy groups -OCH3 is 1. The zero-order chi connectivity index (χ0) is 12.3. The number of likely N-dealkylation sites (tertiary alicyclic amines) is 1. The van der Waals surface area contributed by atoms with Gasteiger partial charge in [0.15, 0.2) is 0 Å². The third-order valence-corrected chi connectivity index (χ3v) is 3.15. The van der Waals surface area contributed by atoms with Crippen LogP contribution in [0.5, 0.6) is 0 Å². The summed E-state index contributed by atoms with van der Waals surface area (Å²) in [6.07, 6.45) is 0. The molecule has 0 saturated carbocycles. The third-order valence-electron chi connectivity index (χ3n) is 3.15. The van der Waals surface area contributed by atoms with E-state index in [9.17, 15) is 9.59 Å². The first-order chi connectivity index (χ1) is 7.45. The number of hydrogen-bond acceptors (Lipinski definition) is 4. The summed E-state index contributed by atoms with van der Waals surface area (Å²) in [5.41, 5.74) is 0. The summed E-state index contributed by atoms with van der Waals surface area (Å²) in [6.45, 7) is 5.53. The second-order valence-electron chi connectivity index (χ2n) is 4.56. The Morgan fingerprint density at radius 1 is 1.50 bits per heavy atom. The Morgan fingerprint density at radius 3 is 2.62 bits per heavy atom. The summed E-state index contributed by atoms with van der Waals surface area (Å²) in [5, 5.41) is 8.81. The number of esters is 1. The third kappa shape index (κ3) is 2.95. The zero-order valence-corrected chi connectivity index (χ0v) is 9.97. The highest BCUT2D eigenvalue weighted by Gasteiger charge is 2.36. The van der Waals surface area contributed by atoms with Crippen molar-refractivity contribution < 1.29 is 19.4 Å². The molecule has 1 aliphatic heterocycles. The van der Waals surface area contributed by atoms with Gasteiger partial charge < -0.3 is 14.7 Å². The molecule has 1 saturated heterocycles. The van der Waals surface area contributed by atoms with E-state index in [1.165, 1.54) is 7.11 Å². The van der Waals surface area contributed by atoms with Crippen molar-refractivity contribution in [3.63, 3.8) is 0 Å². The first-order valence-corrected chi connectivity index (χ1v) is 5.48. The Labute approximate surface area is 95.4 Å². The minimum atomic E-state index is -0.797. The minimum Gasteiger partial charge on any atom is -0.481 e. The van der Waals surface area contributed by atoms with Crippen LogP contribution in [-0.4, -0.2) is 48.7 Å². The Morgan fingerprint density at radius 2 is 2.12 bits per heavy atom. The maximum absolute atomic E-state index is 11.4. The molecule has 0 aromatic carbocycles. The molecule has 16 heavy (non-hydrogen) atoms. The number of carbonyl (C=O) groups is 2. The number of aliphatic carboxylic acids is 1. The molecule has 1 fully saturated rings. The van der Waals surface area contributed by atoms with Gasteiger partial charge in [0.25, 0.3) is 0 Å². The van der Waals surface area contributed by atoms with Crippen molar-refractivity contribution in [1.29, 1.82) is 0 Å². The van der Waals surface area contributed by atoms with Gasteiger partial charge in [0.2, 0.25) is 0 Å². The van der Waals surface area contributed by atoms with E-state index >= 15 is 0 Å². The highest BCUT2D eigenvalue weighted by molar-refractivity contribution is 5.73. The molecule has 0 amide bonds. The van der Waals surface area contributed by atoms with Crippen molar-refractivity contribution in [3.05, 3.63) is 0 Å². The molecule has 0 aromatic rings. The van der Waals surface area contributed by atoms with E-state index in [-0.39, 0.29) is 17.8 Å². The van der Waals surface area contributed by atoms with Crippen molar-refractivity contribution in [2.24, 2.45) is 17.8 Å². The lowest BCUT2D eigenvalue weighted by Crippen LogP contribution is -2.31. The number of carboxylic acids is 1. The standard InChI is InChI=1S/C11H19NO4/c1-7-4-12(5-8(2)10(13)14)6-9(7)11(15)16-3/h7-9H,4-6H2,1-3H3,(H,13,14). The van der Waals surface area contributed by atoms with E-state index in [4.69, 9.17) is 9.84 Å². The number of ether oxygens (including phenoxy) is 1. The lowest BCUT2D eigenvalue weighted by molar-refractivity contribution is -0.146. The van der Waals surface area contributed by atoms with Crippen molar-refractivity contribution in [1.82, 2.24) is 4.90 Å². The van der Waals surface area contributed by atoms with Crippen LogP contribution in [0.3, 0.4) is 0 Å². The molecule has 1 N–H and O–H groups in total. The smallest absolute Gasteiger partial charge is 0.310 e. The van der Waals surface area contributed by atoms with E-state index in [1.54, 1.807) is 6.92 Å². The van der Waals surface area contributed by atoms with Crippen LogP contribution in [0.2, 0.25) is 0 Å². The van der Waals surface area contributed by atoms with E-state index in [0.29, 0.717) is 13.1 Å². The van der Waals surface area contributed by atoms with Crippen molar-refractivity contribution in [2.75, 3.05) is 26.7 Å². The van der Waals surface area contributed by atoms with Gasteiger partial charge in [-0.1, -0.05) is 13.8 Å². The minimum absolute atomic E-state index is 0.119. The van der Waals surface area contributed by atoms with Gasteiger partial charge in [0.1, 0.15) is 0 Å². The van der Waals surface area contributed by atoms with Crippen LogP contribution in [0.15, 0.2) is 0 Å². The monoisotopic (exact) mass is 229 g/mol. The van der Waals surface area contributed by atoms with Crippen LogP contribution in [0.1, 0.15) is 13.8 Å². The molecule has 1 heterocycles. The van der Waals surface area contributed by atoms with Gasteiger partial charge in [0.05, 0.1) is 18.9 Å². The van der Waals surface area contributed by atoms with Crippen molar-refractivity contribution in [2.45, 2.75) is 13.8 Å². The van der Waals surface area contributed by atoms with Gasteiger partial charge in [-0.05, 0) is 5.92 Å². The average Bonchev–Trinajstić information content (AvgIpc) is 2.58. The molecule has 0 bridgehead atoms. The molecule has 92 valence electrons. The molecule has 3 unspecified atom stereocenters. The van der Waals surface area contributed by atoms with Crippen LogP contribution in [0.4, 0.5) is 0 Å². The van der Waals surface area contributed by atoms with Crippen molar-refractivity contribution in [3.8, 4) is 0 Å². The summed E-state index contributed by atoms with van der Waals surface area (Å²) >= 11 is 0. The predicted molar refractivity (Wildman–Crippen MR) is 57.9 cm³/mol. The summed E-state index contributed by atoms with van der Waals surface area (Å²) in [7, 11) is 1.39. The molecule has 0 aliphatic carbocycles. The maximum atomic E-state index is 11.4. The number of nitrogens with zero attached hydrogens (tertiary/aromatic N) is 1. The second-order valence-corrected chi connectivity index (χ2v) is 4.56. The number of hydrogen-bond donors (Lipinski definition) is 1. The van der Waals surface area contributed by atoms with Crippen LogP contribution < -0.4 is 0 Å². The molecule has 3 atom stereocenters. The highest BCUT2D eigenvalue weighted by Crippen LogP contribution is 2.24. The van der Waals surface area contributed by atoms with E-state index in [2.05, 4.69) is 0 Å². The van der Waals surface area contributed by atoms with Gasteiger partial charge in [0, 0.05) is 19.6 Å². The zero-order valence-electron chi connectivity index (χ0n) is 9.97. The average molecular weight is 229 g/mol. The Hall–Kier alpha value is -1.10. The van der Waals surface area contributed by atoms with E-state index < -0.39 is 11.9 Å². The topological polar surface area (TPSA) is 66.8 Å². The largest absolute Gasteiger partial charge is 0.481 e. The molecule has 5 heteroatoms. The predicted octanol–water partition coefficient (Wildman–Crippen LogP) is 0.448. The summed E-state index contributed by atoms with van der Waals surface area (Å²) in [5.74, 6) is -1.28. The molecule has 0 aromatic heterocycles. The first kappa shape index (κ1) is 13.0. The normalized spacial score (nSPS) is 27.7. The molecule has 1 rings (SSSR count). The maximum Gasteiger partial charge on any atom is 0.310 e. The van der Waals surface area contributed by atoms with Crippen LogP contribution in [0, 0.1) is 17.8 Å². The fourth-order valence-corrected chi connectivity index (χ4v) is 2.14. The van der Waals surface area contributed by atoms with Gasteiger partial charge >= 0.3 is 11.9 Å². The Bertz CT molecular complexity index is 279.